The maximum absolute atomic E-state index is 12.5. The van der Waals surface area contributed by atoms with Gasteiger partial charge in [-0.2, -0.15) is 0 Å². The topological polar surface area (TPSA) is 58.6 Å². The molecule has 0 spiro atoms. The third kappa shape index (κ3) is 1.95. The Morgan fingerprint density at radius 2 is 1.85 bits per heavy atom. The van der Waals surface area contributed by atoms with Crippen LogP contribution in [-0.2, 0) is 14.5 Å². The molecule has 1 unspecified atom stereocenters. The molecule has 2 aromatic rings. The average Bonchev–Trinajstić information content (AvgIpc) is 2.47. The summed E-state index contributed by atoms with van der Waals surface area (Å²) in [4.78, 5) is 12.3. The van der Waals surface area contributed by atoms with Crippen molar-refractivity contribution in [3.63, 3.8) is 0 Å². The minimum Gasteiger partial charge on any atom is -0.508 e. The van der Waals surface area contributed by atoms with Gasteiger partial charge in [-0.3, -0.25) is 4.79 Å². The van der Waals surface area contributed by atoms with Crippen molar-refractivity contribution in [2.45, 2.75) is 9.83 Å². The Hall–Kier alpha value is -1.98. The second-order valence-corrected chi connectivity index (χ2v) is 5.64. The predicted octanol–water partition coefficient (Wildman–Crippen LogP) is 2.94. The summed E-state index contributed by atoms with van der Waals surface area (Å²) in [6, 6.07) is 14.1. The summed E-state index contributed by atoms with van der Waals surface area (Å²) in [5.74, 6) is -0.0731. The van der Waals surface area contributed by atoms with Crippen LogP contribution in [0.1, 0.15) is 5.56 Å². The van der Waals surface area contributed by atoms with Crippen molar-refractivity contribution >= 4 is 23.4 Å². The fourth-order valence-electron chi connectivity index (χ4n) is 2.19. The van der Waals surface area contributed by atoms with Crippen LogP contribution in [0.5, 0.6) is 5.75 Å². The Morgan fingerprint density at radius 3 is 2.55 bits per heavy atom. The Labute approximate surface area is 120 Å². The average molecular weight is 287 g/mol. The maximum atomic E-state index is 12.5. The van der Waals surface area contributed by atoms with Crippen molar-refractivity contribution in [3.8, 4) is 5.75 Å². The number of carbonyl (C=O) groups is 1. The molecule has 1 aliphatic heterocycles. The van der Waals surface area contributed by atoms with Crippen LogP contribution in [0.4, 0.5) is 5.69 Å². The summed E-state index contributed by atoms with van der Waals surface area (Å²) in [5, 5.41) is 12.3. The number of fused-ring (bicyclic) bond motifs is 1. The molecule has 5 heteroatoms. The number of hydrogen-bond acceptors (Lipinski definition) is 4. The molecule has 0 radical (unpaired) electrons. The molecule has 0 aliphatic carbocycles. The van der Waals surface area contributed by atoms with Gasteiger partial charge in [-0.25, -0.2) is 0 Å². The van der Waals surface area contributed by atoms with Gasteiger partial charge in [0.1, 0.15) is 5.75 Å². The van der Waals surface area contributed by atoms with Gasteiger partial charge in [-0.1, -0.05) is 36.0 Å². The van der Waals surface area contributed by atoms with Crippen LogP contribution in [-0.4, -0.2) is 18.1 Å². The number of amides is 1. The summed E-state index contributed by atoms with van der Waals surface area (Å²) in [7, 11) is 1.51. The highest BCUT2D eigenvalue weighted by molar-refractivity contribution is 8.01. The number of rotatable bonds is 2. The van der Waals surface area contributed by atoms with E-state index in [1.807, 2.05) is 24.3 Å². The molecule has 1 amide bonds. The van der Waals surface area contributed by atoms with E-state index in [0.29, 0.717) is 5.56 Å². The molecule has 0 saturated carbocycles. The number of nitrogens with one attached hydrogen (secondary N) is 1. The fourth-order valence-corrected chi connectivity index (χ4v) is 3.35. The number of aromatic hydroxyl groups is 1. The van der Waals surface area contributed by atoms with Crippen molar-refractivity contribution in [2.24, 2.45) is 0 Å². The highest BCUT2D eigenvalue weighted by Crippen LogP contribution is 2.49. The molecule has 102 valence electrons. The SMILES string of the molecule is COC1(c2ccc(O)cc2)Sc2ccccc2NC1=O. The van der Waals surface area contributed by atoms with E-state index in [1.165, 1.54) is 18.9 Å². The normalized spacial score (nSPS) is 21.1. The lowest BCUT2D eigenvalue weighted by Crippen LogP contribution is -2.41. The highest BCUT2D eigenvalue weighted by atomic mass is 32.2. The summed E-state index contributed by atoms with van der Waals surface area (Å²) < 4.78 is 5.54. The van der Waals surface area contributed by atoms with Crippen LogP contribution in [0, 0.1) is 0 Å². The summed E-state index contributed by atoms with van der Waals surface area (Å²) in [5.41, 5.74) is 1.48. The highest BCUT2D eigenvalue weighted by Gasteiger charge is 2.45. The number of ether oxygens (including phenoxy) is 1. The van der Waals surface area contributed by atoms with E-state index in [0.717, 1.165) is 10.6 Å². The van der Waals surface area contributed by atoms with Crippen molar-refractivity contribution in [1.82, 2.24) is 0 Å². The number of carbonyl (C=O) groups excluding carboxylic acids is 1. The van der Waals surface area contributed by atoms with Crippen LogP contribution < -0.4 is 5.32 Å². The maximum Gasteiger partial charge on any atom is 0.272 e. The molecule has 1 aliphatic rings. The second-order valence-electron chi connectivity index (χ2n) is 4.42. The van der Waals surface area contributed by atoms with Gasteiger partial charge >= 0.3 is 0 Å². The van der Waals surface area contributed by atoms with Crippen molar-refractivity contribution in [3.05, 3.63) is 54.1 Å². The Bertz CT molecular complexity index is 656. The first kappa shape index (κ1) is 13.0. The third-order valence-electron chi connectivity index (χ3n) is 3.22. The zero-order valence-electron chi connectivity index (χ0n) is 10.8. The lowest BCUT2D eigenvalue weighted by Gasteiger charge is -2.35. The molecule has 4 nitrogen and oxygen atoms in total. The predicted molar refractivity (Wildman–Crippen MR) is 77.7 cm³/mol. The smallest absolute Gasteiger partial charge is 0.272 e. The van der Waals surface area contributed by atoms with Crippen LogP contribution >= 0.6 is 11.8 Å². The van der Waals surface area contributed by atoms with E-state index >= 15 is 0 Å². The molecule has 3 rings (SSSR count). The first-order chi connectivity index (χ1) is 9.65. The standard InChI is InChI=1S/C15H13NO3S/c1-19-15(10-6-8-11(17)9-7-10)14(18)16-12-4-2-3-5-13(12)20-15/h2-9,17H,1H3,(H,16,18). The van der Waals surface area contributed by atoms with Crippen molar-refractivity contribution < 1.29 is 14.6 Å². The number of benzene rings is 2. The van der Waals surface area contributed by atoms with E-state index in [9.17, 15) is 9.90 Å². The van der Waals surface area contributed by atoms with Crippen LogP contribution in [0.15, 0.2) is 53.4 Å². The third-order valence-corrected chi connectivity index (χ3v) is 4.67. The molecule has 20 heavy (non-hydrogen) atoms. The van der Waals surface area contributed by atoms with Gasteiger partial charge in [0, 0.05) is 17.6 Å². The van der Waals surface area contributed by atoms with Gasteiger partial charge in [0.25, 0.3) is 5.91 Å². The molecule has 1 atom stereocenters. The number of methoxy groups -OCH3 is 1. The van der Waals surface area contributed by atoms with Crippen LogP contribution in [0.2, 0.25) is 0 Å². The zero-order chi connectivity index (χ0) is 14.2. The monoisotopic (exact) mass is 287 g/mol. The second kappa shape index (κ2) is 4.85. The number of phenols is 1. The van der Waals surface area contributed by atoms with E-state index in [-0.39, 0.29) is 11.7 Å². The van der Waals surface area contributed by atoms with E-state index in [1.54, 1.807) is 24.3 Å². The molecule has 2 N–H and O–H groups in total. The molecule has 0 aromatic heterocycles. The summed E-state index contributed by atoms with van der Waals surface area (Å²) in [6.07, 6.45) is 0. The first-order valence-corrected chi connectivity index (χ1v) is 6.91. The lowest BCUT2D eigenvalue weighted by molar-refractivity contribution is -0.129. The Kier molecular flexibility index (Phi) is 3.16. The largest absolute Gasteiger partial charge is 0.508 e. The summed E-state index contributed by atoms with van der Waals surface area (Å²) >= 11 is 1.36. The number of hydrogen-bond donors (Lipinski definition) is 2. The number of thioether (sulfide) groups is 1. The number of anilines is 1. The minimum atomic E-state index is -1.14. The Morgan fingerprint density at radius 1 is 1.15 bits per heavy atom. The molecule has 0 saturated heterocycles. The molecular formula is C15H13NO3S. The fraction of sp³-hybridized carbons (Fsp3) is 0.133. The van der Waals surface area contributed by atoms with Gasteiger partial charge in [-0.05, 0) is 24.3 Å². The lowest BCUT2D eigenvalue weighted by atomic mass is 10.1. The molecule has 0 fully saturated rings. The zero-order valence-corrected chi connectivity index (χ0v) is 11.6. The van der Waals surface area contributed by atoms with Gasteiger partial charge in [0.05, 0.1) is 5.69 Å². The van der Waals surface area contributed by atoms with E-state index in [2.05, 4.69) is 5.32 Å². The molecule has 2 aromatic carbocycles. The van der Waals surface area contributed by atoms with Crippen molar-refractivity contribution in [1.29, 1.82) is 0 Å². The van der Waals surface area contributed by atoms with Crippen molar-refractivity contribution in [2.75, 3.05) is 12.4 Å². The van der Waals surface area contributed by atoms with Crippen LogP contribution in [0.3, 0.4) is 0 Å². The molecule has 1 heterocycles. The summed E-state index contributed by atoms with van der Waals surface area (Å²) in [6.45, 7) is 0. The van der Waals surface area contributed by atoms with Gasteiger partial charge in [0.15, 0.2) is 0 Å². The molecule has 0 bridgehead atoms. The Balaban J connectivity index is 2.09. The van der Waals surface area contributed by atoms with E-state index < -0.39 is 4.93 Å². The minimum absolute atomic E-state index is 0.154. The van der Waals surface area contributed by atoms with Gasteiger partial charge in [-0.15, -0.1) is 0 Å². The van der Waals surface area contributed by atoms with E-state index in [4.69, 9.17) is 4.74 Å². The van der Waals surface area contributed by atoms with Gasteiger partial charge < -0.3 is 15.2 Å². The first-order valence-electron chi connectivity index (χ1n) is 6.10. The van der Waals surface area contributed by atoms with Crippen LogP contribution in [0.25, 0.3) is 0 Å². The number of para-hydroxylation sites is 1. The number of phenolic OH excluding ortho intramolecular Hbond substituents is 1. The molecular weight excluding hydrogens is 274 g/mol. The quantitative estimate of drug-likeness (QED) is 0.891. The van der Waals surface area contributed by atoms with Gasteiger partial charge in [0.2, 0.25) is 4.93 Å².